The second-order valence-corrected chi connectivity index (χ2v) is 7.65. The largest absolute Gasteiger partial charge is 0.477 e. The number of aliphatic carboxylic acids is 1. The Morgan fingerprint density at radius 3 is 2.05 bits per heavy atom. The number of hydrogen-bond acceptors (Lipinski definition) is 3. The van der Waals surface area contributed by atoms with Crippen LogP contribution in [-0.4, -0.2) is 29.1 Å². The molecule has 4 saturated carbocycles. The fourth-order valence-corrected chi connectivity index (χ4v) is 5.30. The zero-order chi connectivity index (χ0) is 16.1. The maximum absolute atomic E-state index is 13.3. The molecule has 1 atom stereocenters. The second kappa shape index (κ2) is 5.17. The maximum atomic E-state index is 13.3. The smallest absolute Gasteiger partial charge is 0.378 e. The van der Waals surface area contributed by atoms with Crippen molar-refractivity contribution in [1.29, 1.82) is 0 Å². The third kappa shape index (κ3) is 2.72. The third-order valence-corrected chi connectivity index (χ3v) is 5.79. The first kappa shape index (κ1) is 15.7. The van der Waals surface area contributed by atoms with Crippen LogP contribution in [-0.2, 0) is 14.3 Å². The molecule has 4 bridgehead atoms. The third-order valence-electron chi connectivity index (χ3n) is 5.79. The highest BCUT2D eigenvalue weighted by atomic mass is 19.3. The first-order chi connectivity index (χ1) is 10.2. The molecule has 0 radical (unpaired) electrons. The summed E-state index contributed by atoms with van der Waals surface area (Å²) < 4.78 is 31.4. The van der Waals surface area contributed by atoms with Crippen LogP contribution in [0.1, 0.15) is 51.9 Å². The Bertz CT molecular complexity index is 453. The molecule has 0 heterocycles. The molecule has 0 aromatic rings. The highest BCUT2D eigenvalue weighted by molar-refractivity contribution is 5.77. The SMILES string of the molecule is CC(OC(=O)CC12CC3CC(CC(C3)C1)C2)C(F)(F)C(=O)O. The first-order valence-electron chi connectivity index (χ1n) is 8.01. The zero-order valence-electron chi connectivity index (χ0n) is 12.7. The Morgan fingerprint density at radius 1 is 1.18 bits per heavy atom. The Hall–Kier alpha value is -1.20. The number of alkyl halides is 2. The topological polar surface area (TPSA) is 63.6 Å². The van der Waals surface area contributed by atoms with E-state index in [0.717, 1.165) is 26.2 Å². The molecule has 0 aromatic heterocycles. The summed E-state index contributed by atoms with van der Waals surface area (Å²) in [5, 5.41) is 8.49. The number of carbonyl (C=O) groups excluding carboxylic acids is 1. The molecule has 1 unspecified atom stereocenters. The van der Waals surface area contributed by atoms with Crippen molar-refractivity contribution in [2.45, 2.75) is 63.9 Å². The van der Waals surface area contributed by atoms with E-state index in [1.165, 1.54) is 19.3 Å². The number of esters is 1. The van der Waals surface area contributed by atoms with Crippen molar-refractivity contribution < 1.29 is 28.2 Å². The molecule has 0 saturated heterocycles. The molecule has 4 fully saturated rings. The van der Waals surface area contributed by atoms with E-state index >= 15 is 0 Å². The summed E-state index contributed by atoms with van der Waals surface area (Å²) in [4.78, 5) is 22.6. The predicted octanol–water partition coefficient (Wildman–Crippen LogP) is 3.24. The Morgan fingerprint density at radius 2 is 1.64 bits per heavy atom. The van der Waals surface area contributed by atoms with Gasteiger partial charge in [0.25, 0.3) is 0 Å². The van der Waals surface area contributed by atoms with Gasteiger partial charge in [-0.15, -0.1) is 0 Å². The molecule has 0 amide bonds. The van der Waals surface area contributed by atoms with E-state index in [1.807, 2.05) is 0 Å². The zero-order valence-corrected chi connectivity index (χ0v) is 12.7. The molecular weight excluding hydrogens is 294 g/mol. The molecule has 4 aliphatic carbocycles. The van der Waals surface area contributed by atoms with Gasteiger partial charge in [-0.2, -0.15) is 8.78 Å². The normalized spacial score (nSPS) is 37.9. The first-order valence-corrected chi connectivity index (χ1v) is 8.01. The van der Waals surface area contributed by atoms with Gasteiger partial charge in [0.1, 0.15) is 0 Å². The van der Waals surface area contributed by atoms with Gasteiger partial charge in [0.05, 0.1) is 6.42 Å². The van der Waals surface area contributed by atoms with Gasteiger partial charge in [-0.25, -0.2) is 4.79 Å². The minimum atomic E-state index is -4.04. The number of carboxylic acid groups (broad SMARTS) is 1. The van der Waals surface area contributed by atoms with Crippen molar-refractivity contribution in [3.8, 4) is 0 Å². The van der Waals surface area contributed by atoms with Crippen LogP contribution in [0.5, 0.6) is 0 Å². The number of halogens is 2. The lowest BCUT2D eigenvalue weighted by atomic mass is 9.49. The summed E-state index contributed by atoms with van der Waals surface area (Å²) in [6.07, 6.45) is 4.88. The van der Waals surface area contributed by atoms with Crippen LogP contribution in [0.25, 0.3) is 0 Å². The molecule has 4 nitrogen and oxygen atoms in total. The van der Waals surface area contributed by atoms with Gasteiger partial charge in [0.2, 0.25) is 0 Å². The maximum Gasteiger partial charge on any atom is 0.378 e. The minimum Gasteiger partial charge on any atom is -0.477 e. The summed E-state index contributed by atoms with van der Waals surface area (Å²) in [7, 11) is 0. The number of ether oxygens (including phenoxy) is 1. The van der Waals surface area contributed by atoms with Crippen LogP contribution >= 0.6 is 0 Å². The van der Waals surface area contributed by atoms with Crippen molar-refractivity contribution in [2.75, 3.05) is 0 Å². The van der Waals surface area contributed by atoms with Gasteiger partial charge < -0.3 is 9.84 Å². The predicted molar refractivity (Wildman–Crippen MR) is 73.4 cm³/mol. The van der Waals surface area contributed by atoms with E-state index in [-0.39, 0.29) is 11.8 Å². The van der Waals surface area contributed by atoms with Gasteiger partial charge in [-0.3, -0.25) is 4.79 Å². The van der Waals surface area contributed by atoms with Crippen LogP contribution in [0, 0.1) is 23.2 Å². The Kier molecular flexibility index (Phi) is 3.68. The van der Waals surface area contributed by atoms with Crippen LogP contribution in [0.2, 0.25) is 0 Å². The van der Waals surface area contributed by atoms with Crippen molar-refractivity contribution >= 4 is 11.9 Å². The summed E-state index contributed by atoms with van der Waals surface area (Å²) in [5.74, 6) is -5.00. The van der Waals surface area contributed by atoms with Crippen LogP contribution in [0.15, 0.2) is 0 Å². The van der Waals surface area contributed by atoms with Gasteiger partial charge in [-0.1, -0.05) is 0 Å². The molecule has 0 aromatic carbocycles. The van der Waals surface area contributed by atoms with Crippen molar-refractivity contribution in [2.24, 2.45) is 23.2 Å². The lowest BCUT2D eigenvalue weighted by Crippen LogP contribution is -2.48. The van der Waals surface area contributed by atoms with Crippen molar-refractivity contribution in [3.05, 3.63) is 0 Å². The fraction of sp³-hybridized carbons (Fsp3) is 0.875. The number of rotatable bonds is 5. The van der Waals surface area contributed by atoms with E-state index in [0.29, 0.717) is 17.8 Å². The van der Waals surface area contributed by atoms with Crippen LogP contribution in [0.3, 0.4) is 0 Å². The molecule has 1 N–H and O–H groups in total. The highest BCUT2D eigenvalue weighted by Gasteiger charge is 2.53. The molecular formula is C16H22F2O4. The monoisotopic (exact) mass is 316 g/mol. The standard InChI is InChI=1S/C16H22F2O4/c1-9(16(17,18)14(20)21)22-13(19)8-15-5-10-2-11(6-15)4-12(3-10)7-15/h9-12H,2-8H2,1H3,(H,20,21). The highest BCUT2D eigenvalue weighted by Crippen LogP contribution is 2.61. The lowest BCUT2D eigenvalue weighted by molar-refractivity contribution is -0.193. The summed E-state index contributed by atoms with van der Waals surface area (Å²) >= 11 is 0. The van der Waals surface area contributed by atoms with Gasteiger partial charge >= 0.3 is 17.9 Å². The van der Waals surface area contributed by atoms with E-state index in [2.05, 4.69) is 0 Å². The summed E-state index contributed by atoms with van der Waals surface area (Å²) in [6, 6.07) is 0. The fourth-order valence-electron chi connectivity index (χ4n) is 5.30. The molecule has 124 valence electrons. The Labute approximate surface area is 128 Å². The molecule has 6 heteroatoms. The molecule has 0 spiro atoms. The van der Waals surface area contributed by atoms with E-state index < -0.39 is 24.0 Å². The summed E-state index contributed by atoms with van der Waals surface area (Å²) in [5.41, 5.74) is -0.0932. The van der Waals surface area contributed by atoms with Gasteiger partial charge in [-0.05, 0) is 68.6 Å². The average Bonchev–Trinajstić information content (AvgIpc) is 2.35. The Balaban J connectivity index is 1.61. The quantitative estimate of drug-likeness (QED) is 0.791. The number of carbonyl (C=O) groups is 2. The van der Waals surface area contributed by atoms with Crippen molar-refractivity contribution in [3.63, 3.8) is 0 Å². The van der Waals surface area contributed by atoms with E-state index in [9.17, 15) is 18.4 Å². The second-order valence-electron chi connectivity index (χ2n) is 7.65. The molecule has 4 aliphatic rings. The number of hydrogen-bond donors (Lipinski definition) is 1. The van der Waals surface area contributed by atoms with Gasteiger partial charge in [0, 0.05) is 0 Å². The van der Waals surface area contributed by atoms with Crippen molar-refractivity contribution in [1.82, 2.24) is 0 Å². The van der Waals surface area contributed by atoms with Crippen LogP contribution < -0.4 is 0 Å². The van der Waals surface area contributed by atoms with Gasteiger partial charge in [0.15, 0.2) is 6.10 Å². The summed E-state index contributed by atoms with van der Waals surface area (Å²) in [6.45, 7) is 0.936. The lowest BCUT2D eigenvalue weighted by Gasteiger charge is -2.56. The van der Waals surface area contributed by atoms with E-state index in [4.69, 9.17) is 9.84 Å². The van der Waals surface area contributed by atoms with Crippen LogP contribution in [0.4, 0.5) is 8.78 Å². The number of carboxylic acids is 1. The minimum absolute atomic E-state index is 0.0932. The molecule has 4 rings (SSSR count). The average molecular weight is 316 g/mol. The molecule has 22 heavy (non-hydrogen) atoms. The van der Waals surface area contributed by atoms with E-state index in [1.54, 1.807) is 0 Å². The molecule has 0 aliphatic heterocycles.